The minimum atomic E-state index is 0.427. The summed E-state index contributed by atoms with van der Waals surface area (Å²) in [6, 6.07) is 2.04. The van der Waals surface area contributed by atoms with Crippen LogP contribution in [0.2, 0.25) is 0 Å². The fraction of sp³-hybridized carbons (Fsp3) is 0.692. The molecule has 90 valence electrons. The molecule has 0 aromatic carbocycles. The lowest BCUT2D eigenvalue weighted by atomic mass is 9.82. The summed E-state index contributed by atoms with van der Waals surface area (Å²) in [5.41, 5.74) is 1.69. The molecule has 0 saturated carbocycles. The van der Waals surface area contributed by atoms with Gasteiger partial charge in [-0.05, 0) is 37.9 Å². The van der Waals surface area contributed by atoms with Gasteiger partial charge in [0.2, 0.25) is 0 Å². The Balaban J connectivity index is 1.84. The Bertz CT molecular complexity index is 302. The first kappa shape index (κ1) is 11.7. The molecule has 1 aromatic rings. The van der Waals surface area contributed by atoms with Crippen LogP contribution >= 0.6 is 0 Å². The molecule has 1 aliphatic rings. The van der Waals surface area contributed by atoms with E-state index in [2.05, 4.69) is 24.2 Å². The molecule has 2 heterocycles. The van der Waals surface area contributed by atoms with Crippen molar-refractivity contribution in [3.63, 3.8) is 0 Å². The SMILES string of the molecule is CN(Cc1ccoc1)CC1(C)CCCNC1. The predicted molar refractivity (Wildman–Crippen MR) is 65.3 cm³/mol. The molecule has 3 heteroatoms. The van der Waals surface area contributed by atoms with Crippen LogP contribution in [-0.2, 0) is 6.54 Å². The second kappa shape index (κ2) is 5.02. The van der Waals surface area contributed by atoms with Crippen LogP contribution in [0.25, 0.3) is 0 Å². The van der Waals surface area contributed by atoms with Crippen molar-refractivity contribution in [2.45, 2.75) is 26.3 Å². The maximum absolute atomic E-state index is 5.09. The average Bonchev–Trinajstić information content (AvgIpc) is 2.70. The van der Waals surface area contributed by atoms with Gasteiger partial charge < -0.3 is 14.6 Å². The summed E-state index contributed by atoms with van der Waals surface area (Å²) in [6.45, 7) is 6.83. The van der Waals surface area contributed by atoms with Gasteiger partial charge in [-0.15, -0.1) is 0 Å². The van der Waals surface area contributed by atoms with Crippen LogP contribution in [-0.4, -0.2) is 31.6 Å². The molecule has 3 nitrogen and oxygen atoms in total. The Hall–Kier alpha value is -0.800. The third-order valence-corrected chi connectivity index (χ3v) is 3.37. The van der Waals surface area contributed by atoms with Crippen molar-refractivity contribution in [1.82, 2.24) is 10.2 Å². The molecule has 0 spiro atoms. The summed E-state index contributed by atoms with van der Waals surface area (Å²) in [6.07, 6.45) is 6.21. The summed E-state index contributed by atoms with van der Waals surface area (Å²) in [5, 5.41) is 3.49. The number of piperidine rings is 1. The molecule has 1 unspecified atom stereocenters. The van der Waals surface area contributed by atoms with E-state index >= 15 is 0 Å². The van der Waals surface area contributed by atoms with Gasteiger partial charge in [-0.3, -0.25) is 0 Å². The maximum Gasteiger partial charge on any atom is 0.0947 e. The van der Waals surface area contributed by atoms with Crippen molar-refractivity contribution in [3.05, 3.63) is 24.2 Å². The van der Waals surface area contributed by atoms with Crippen molar-refractivity contribution in [2.75, 3.05) is 26.7 Å². The van der Waals surface area contributed by atoms with Crippen LogP contribution in [0.5, 0.6) is 0 Å². The van der Waals surface area contributed by atoms with Gasteiger partial charge in [0.25, 0.3) is 0 Å². The summed E-state index contributed by atoms with van der Waals surface area (Å²) < 4.78 is 5.09. The van der Waals surface area contributed by atoms with Crippen LogP contribution in [0.4, 0.5) is 0 Å². The average molecular weight is 222 g/mol. The second-order valence-corrected chi connectivity index (χ2v) is 5.39. The molecule has 0 radical (unpaired) electrons. The van der Waals surface area contributed by atoms with Gasteiger partial charge in [-0.2, -0.15) is 0 Å². The molecular formula is C13H22N2O. The van der Waals surface area contributed by atoms with Gasteiger partial charge in [0.15, 0.2) is 0 Å². The first-order valence-electron chi connectivity index (χ1n) is 6.08. The molecular weight excluding hydrogens is 200 g/mol. The van der Waals surface area contributed by atoms with Crippen LogP contribution < -0.4 is 5.32 Å². The number of nitrogens with zero attached hydrogens (tertiary/aromatic N) is 1. The molecule has 0 amide bonds. The Morgan fingerprint density at radius 2 is 2.44 bits per heavy atom. The van der Waals surface area contributed by atoms with Gasteiger partial charge in [0.05, 0.1) is 12.5 Å². The molecule has 0 bridgehead atoms. The van der Waals surface area contributed by atoms with Crippen molar-refractivity contribution in [2.24, 2.45) is 5.41 Å². The van der Waals surface area contributed by atoms with Gasteiger partial charge in [-0.25, -0.2) is 0 Å². The third kappa shape index (κ3) is 3.09. The zero-order valence-electron chi connectivity index (χ0n) is 10.3. The highest BCUT2D eigenvalue weighted by Crippen LogP contribution is 2.26. The van der Waals surface area contributed by atoms with E-state index < -0.39 is 0 Å². The molecule has 1 N–H and O–H groups in total. The Kier molecular flexibility index (Phi) is 3.66. The molecule has 0 aliphatic carbocycles. The van der Waals surface area contributed by atoms with Crippen LogP contribution in [0.3, 0.4) is 0 Å². The lowest BCUT2D eigenvalue weighted by Crippen LogP contribution is -2.44. The zero-order valence-corrected chi connectivity index (χ0v) is 10.3. The Labute approximate surface area is 97.8 Å². The number of nitrogens with one attached hydrogen (secondary N) is 1. The Morgan fingerprint density at radius 3 is 3.06 bits per heavy atom. The minimum Gasteiger partial charge on any atom is -0.472 e. The van der Waals surface area contributed by atoms with E-state index in [1.807, 2.05) is 12.3 Å². The van der Waals surface area contributed by atoms with Gasteiger partial charge in [-0.1, -0.05) is 6.92 Å². The molecule has 1 fully saturated rings. The summed E-state index contributed by atoms with van der Waals surface area (Å²) in [5.74, 6) is 0. The monoisotopic (exact) mass is 222 g/mol. The predicted octanol–water partition coefficient (Wildman–Crippen LogP) is 2.10. The zero-order chi connectivity index (χ0) is 11.4. The molecule has 1 aromatic heterocycles. The summed E-state index contributed by atoms with van der Waals surface area (Å²) in [7, 11) is 2.19. The van der Waals surface area contributed by atoms with Crippen LogP contribution in [0.15, 0.2) is 23.0 Å². The van der Waals surface area contributed by atoms with E-state index in [0.717, 1.165) is 19.6 Å². The topological polar surface area (TPSA) is 28.4 Å². The third-order valence-electron chi connectivity index (χ3n) is 3.37. The van der Waals surface area contributed by atoms with Gasteiger partial charge in [0.1, 0.15) is 0 Å². The highest BCUT2D eigenvalue weighted by Gasteiger charge is 2.27. The van der Waals surface area contributed by atoms with E-state index in [1.165, 1.54) is 24.9 Å². The number of rotatable bonds is 4. The molecule has 2 rings (SSSR count). The van der Waals surface area contributed by atoms with Crippen LogP contribution in [0.1, 0.15) is 25.3 Å². The first-order chi connectivity index (χ1) is 7.68. The number of furan rings is 1. The Morgan fingerprint density at radius 1 is 1.56 bits per heavy atom. The normalized spacial score (nSPS) is 26.2. The van der Waals surface area contributed by atoms with E-state index in [0.29, 0.717) is 5.41 Å². The fourth-order valence-electron chi connectivity index (χ4n) is 2.66. The lowest BCUT2D eigenvalue weighted by molar-refractivity contribution is 0.148. The maximum atomic E-state index is 5.09. The first-order valence-corrected chi connectivity index (χ1v) is 6.08. The minimum absolute atomic E-state index is 0.427. The van der Waals surface area contributed by atoms with E-state index in [-0.39, 0.29) is 0 Å². The lowest BCUT2D eigenvalue weighted by Gasteiger charge is -2.37. The van der Waals surface area contributed by atoms with E-state index in [9.17, 15) is 0 Å². The number of hydrogen-bond acceptors (Lipinski definition) is 3. The van der Waals surface area contributed by atoms with E-state index in [1.54, 1.807) is 6.26 Å². The number of hydrogen-bond donors (Lipinski definition) is 1. The molecule has 1 aliphatic heterocycles. The summed E-state index contributed by atoms with van der Waals surface area (Å²) in [4.78, 5) is 2.39. The van der Waals surface area contributed by atoms with Gasteiger partial charge >= 0.3 is 0 Å². The van der Waals surface area contributed by atoms with Crippen molar-refractivity contribution < 1.29 is 4.42 Å². The molecule has 16 heavy (non-hydrogen) atoms. The molecule has 1 atom stereocenters. The standard InChI is InChI=1S/C13H22N2O/c1-13(5-3-6-14-10-13)11-15(2)8-12-4-7-16-9-12/h4,7,9,14H,3,5-6,8,10-11H2,1-2H3. The van der Waals surface area contributed by atoms with Gasteiger partial charge in [0, 0.05) is 25.2 Å². The smallest absolute Gasteiger partial charge is 0.0947 e. The fourth-order valence-corrected chi connectivity index (χ4v) is 2.66. The van der Waals surface area contributed by atoms with Crippen molar-refractivity contribution in [3.8, 4) is 0 Å². The van der Waals surface area contributed by atoms with Crippen molar-refractivity contribution >= 4 is 0 Å². The van der Waals surface area contributed by atoms with Crippen molar-refractivity contribution in [1.29, 1.82) is 0 Å². The second-order valence-electron chi connectivity index (χ2n) is 5.39. The highest BCUT2D eigenvalue weighted by atomic mass is 16.3. The highest BCUT2D eigenvalue weighted by molar-refractivity contribution is 5.04. The quantitative estimate of drug-likeness (QED) is 0.845. The van der Waals surface area contributed by atoms with Crippen LogP contribution in [0, 0.1) is 5.41 Å². The summed E-state index contributed by atoms with van der Waals surface area (Å²) >= 11 is 0. The van der Waals surface area contributed by atoms with E-state index in [4.69, 9.17) is 4.42 Å². The largest absolute Gasteiger partial charge is 0.472 e. The molecule has 1 saturated heterocycles.